The van der Waals surface area contributed by atoms with E-state index in [0.29, 0.717) is 19.5 Å². The number of amides is 1. The molecule has 0 N–H and O–H groups in total. The molecule has 1 spiro atoms. The molecule has 2 heterocycles. The fraction of sp³-hybridized carbons (Fsp3) is 0.435. The Bertz CT molecular complexity index is 877. The first-order valence-corrected chi connectivity index (χ1v) is 10.1. The first kappa shape index (κ1) is 19.8. The van der Waals surface area contributed by atoms with Crippen LogP contribution in [0.15, 0.2) is 42.5 Å². The highest BCUT2D eigenvalue weighted by Gasteiger charge is 2.46. The summed E-state index contributed by atoms with van der Waals surface area (Å²) in [7, 11) is 1.64. The number of piperidine rings is 1. The predicted molar refractivity (Wildman–Crippen MR) is 106 cm³/mol. The highest BCUT2D eigenvalue weighted by molar-refractivity contribution is 5.79. The van der Waals surface area contributed by atoms with E-state index >= 15 is 0 Å². The van der Waals surface area contributed by atoms with Crippen LogP contribution in [-0.4, -0.2) is 41.4 Å². The Morgan fingerprint density at radius 2 is 1.62 bits per heavy atom. The van der Waals surface area contributed by atoms with Crippen LogP contribution in [0, 0.1) is 11.6 Å². The smallest absolute Gasteiger partial charge is 0.223 e. The second-order valence-corrected chi connectivity index (χ2v) is 8.08. The van der Waals surface area contributed by atoms with Crippen LogP contribution >= 0.6 is 0 Å². The van der Waals surface area contributed by atoms with E-state index in [2.05, 4.69) is 9.80 Å². The number of benzene rings is 2. The Balaban J connectivity index is 1.41. The number of carbonyl (C=O) groups is 1. The van der Waals surface area contributed by atoms with Gasteiger partial charge in [0.15, 0.2) is 11.6 Å². The number of halogens is 2. The van der Waals surface area contributed by atoms with Crippen LogP contribution in [0.2, 0.25) is 0 Å². The van der Waals surface area contributed by atoms with E-state index < -0.39 is 11.6 Å². The largest absolute Gasteiger partial charge is 0.497 e. The second kappa shape index (κ2) is 8.11. The number of rotatable bonds is 5. The van der Waals surface area contributed by atoms with Crippen LogP contribution in [-0.2, 0) is 17.9 Å². The van der Waals surface area contributed by atoms with E-state index in [1.54, 1.807) is 13.2 Å². The quantitative estimate of drug-likeness (QED) is 0.757. The minimum Gasteiger partial charge on any atom is -0.497 e. The van der Waals surface area contributed by atoms with Crippen molar-refractivity contribution in [3.8, 4) is 5.75 Å². The molecular weight excluding hydrogens is 374 g/mol. The molecule has 4 nitrogen and oxygen atoms in total. The summed E-state index contributed by atoms with van der Waals surface area (Å²) in [4.78, 5) is 16.9. The van der Waals surface area contributed by atoms with Gasteiger partial charge >= 0.3 is 0 Å². The first-order valence-electron chi connectivity index (χ1n) is 10.1. The summed E-state index contributed by atoms with van der Waals surface area (Å²) in [5, 5.41) is 0. The number of ether oxygens (including phenoxy) is 1. The molecule has 6 heteroatoms. The number of likely N-dealkylation sites (tertiary alicyclic amines) is 2. The zero-order valence-corrected chi connectivity index (χ0v) is 16.7. The minimum atomic E-state index is -0.815. The highest BCUT2D eigenvalue weighted by Crippen LogP contribution is 2.40. The number of nitrogens with zero attached hydrogens (tertiary/aromatic N) is 2. The van der Waals surface area contributed by atoms with Gasteiger partial charge in [0.2, 0.25) is 5.91 Å². The molecule has 0 atom stereocenters. The third kappa shape index (κ3) is 4.13. The molecule has 0 aliphatic carbocycles. The van der Waals surface area contributed by atoms with Crippen LogP contribution in [0.4, 0.5) is 8.78 Å². The first-order chi connectivity index (χ1) is 14.0. The van der Waals surface area contributed by atoms with Gasteiger partial charge in [-0.15, -0.1) is 0 Å². The molecule has 2 fully saturated rings. The van der Waals surface area contributed by atoms with Crippen LogP contribution < -0.4 is 4.74 Å². The summed E-state index contributed by atoms with van der Waals surface area (Å²) in [5.74, 6) is -0.593. The summed E-state index contributed by atoms with van der Waals surface area (Å²) in [6.45, 7) is 2.89. The topological polar surface area (TPSA) is 32.8 Å². The van der Waals surface area contributed by atoms with Gasteiger partial charge in [0.25, 0.3) is 0 Å². The monoisotopic (exact) mass is 400 g/mol. The lowest BCUT2D eigenvalue weighted by Crippen LogP contribution is -2.52. The van der Waals surface area contributed by atoms with Crippen molar-refractivity contribution in [3.05, 3.63) is 65.2 Å². The fourth-order valence-electron chi connectivity index (χ4n) is 4.59. The molecule has 2 aromatic rings. The van der Waals surface area contributed by atoms with Gasteiger partial charge in [0.1, 0.15) is 5.75 Å². The van der Waals surface area contributed by atoms with Crippen LogP contribution in [0.3, 0.4) is 0 Å². The lowest BCUT2D eigenvalue weighted by Gasteiger charge is -2.45. The molecule has 154 valence electrons. The van der Waals surface area contributed by atoms with Crippen molar-refractivity contribution in [2.75, 3.05) is 20.2 Å². The van der Waals surface area contributed by atoms with Gasteiger partial charge in [-0.2, -0.15) is 0 Å². The van der Waals surface area contributed by atoms with E-state index in [1.165, 1.54) is 12.1 Å². The zero-order chi connectivity index (χ0) is 20.4. The molecule has 2 aliphatic heterocycles. The fourth-order valence-corrected chi connectivity index (χ4v) is 4.59. The average molecular weight is 400 g/mol. The Labute approximate surface area is 170 Å². The molecular formula is C23H26F2N2O2. The number of hydrogen-bond acceptors (Lipinski definition) is 3. The molecule has 2 saturated heterocycles. The van der Waals surface area contributed by atoms with Crippen LogP contribution in [0.1, 0.15) is 36.8 Å². The van der Waals surface area contributed by atoms with Crippen molar-refractivity contribution in [3.63, 3.8) is 0 Å². The van der Waals surface area contributed by atoms with Crippen molar-refractivity contribution in [2.45, 2.75) is 44.3 Å². The molecule has 0 aromatic heterocycles. The Morgan fingerprint density at radius 3 is 2.28 bits per heavy atom. The second-order valence-electron chi connectivity index (χ2n) is 8.08. The SMILES string of the molecule is COc1ccc(CN2C(=O)CCC23CCN(Cc2ccc(F)c(F)c2)CC3)cc1. The van der Waals surface area contributed by atoms with Crippen molar-refractivity contribution >= 4 is 5.91 Å². The van der Waals surface area contributed by atoms with E-state index in [4.69, 9.17) is 4.74 Å². The maximum absolute atomic E-state index is 13.5. The summed E-state index contributed by atoms with van der Waals surface area (Å²) in [6, 6.07) is 12.0. The summed E-state index contributed by atoms with van der Waals surface area (Å²) >= 11 is 0. The van der Waals surface area contributed by atoms with Crippen molar-refractivity contribution in [2.24, 2.45) is 0 Å². The maximum Gasteiger partial charge on any atom is 0.223 e. The summed E-state index contributed by atoms with van der Waals surface area (Å²) in [6.07, 6.45) is 3.29. The molecule has 29 heavy (non-hydrogen) atoms. The summed E-state index contributed by atoms with van der Waals surface area (Å²) in [5.41, 5.74) is 1.78. The van der Waals surface area contributed by atoms with Crippen molar-refractivity contribution < 1.29 is 18.3 Å². The molecule has 0 radical (unpaired) electrons. The molecule has 0 saturated carbocycles. The normalized spacial score (nSPS) is 19.1. The molecule has 2 aliphatic rings. The third-order valence-electron chi connectivity index (χ3n) is 6.35. The maximum atomic E-state index is 13.5. The molecule has 4 rings (SSSR count). The van der Waals surface area contributed by atoms with E-state index in [0.717, 1.165) is 49.2 Å². The third-order valence-corrected chi connectivity index (χ3v) is 6.35. The van der Waals surface area contributed by atoms with E-state index in [9.17, 15) is 13.6 Å². The van der Waals surface area contributed by atoms with E-state index in [1.807, 2.05) is 24.3 Å². The Morgan fingerprint density at radius 1 is 0.931 bits per heavy atom. The Kier molecular flexibility index (Phi) is 5.54. The lowest BCUT2D eigenvalue weighted by molar-refractivity contribution is -0.133. The molecule has 2 aromatic carbocycles. The minimum absolute atomic E-state index is 0.0957. The van der Waals surface area contributed by atoms with E-state index in [-0.39, 0.29) is 11.4 Å². The van der Waals surface area contributed by atoms with Gasteiger partial charge in [-0.3, -0.25) is 9.69 Å². The number of hydrogen-bond donors (Lipinski definition) is 0. The Hall–Kier alpha value is -2.47. The van der Waals surface area contributed by atoms with Crippen molar-refractivity contribution in [1.82, 2.24) is 9.80 Å². The number of methoxy groups -OCH3 is 1. The van der Waals surface area contributed by atoms with Gasteiger partial charge in [-0.05, 0) is 54.7 Å². The van der Waals surface area contributed by atoms with Crippen LogP contribution in [0.25, 0.3) is 0 Å². The molecule has 0 unspecified atom stereocenters. The standard InChI is InChI=1S/C23H26F2N2O2/c1-29-19-5-2-17(3-6-19)16-27-22(28)8-9-23(27)10-12-26(13-11-23)15-18-4-7-20(24)21(25)14-18/h2-7,14H,8-13,15-16H2,1H3. The highest BCUT2D eigenvalue weighted by atomic mass is 19.2. The van der Waals surface area contributed by atoms with Gasteiger partial charge in [0, 0.05) is 38.1 Å². The van der Waals surface area contributed by atoms with Crippen LogP contribution in [0.5, 0.6) is 5.75 Å². The molecule has 1 amide bonds. The average Bonchev–Trinajstić information content (AvgIpc) is 3.03. The van der Waals surface area contributed by atoms with Crippen molar-refractivity contribution in [1.29, 1.82) is 0 Å². The predicted octanol–water partition coefficient (Wildman–Crippen LogP) is 4.13. The van der Waals surface area contributed by atoms with Gasteiger partial charge in [0.05, 0.1) is 7.11 Å². The van der Waals surface area contributed by atoms with Gasteiger partial charge in [-0.25, -0.2) is 8.78 Å². The zero-order valence-electron chi connectivity index (χ0n) is 16.7. The lowest BCUT2D eigenvalue weighted by atomic mass is 9.84. The number of carbonyl (C=O) groups excluding carboxylic acids is 1. The molecule has 0 bridgehead atoms. The van der Waals surface area contributed by atoms with Gasteiger partial charge in [-0.1, -0.05) is 18.2 Å². The summed E-state index contributed by atoms with van der Waals surface area (Å²) < 4.78 is 31.8. The van der Waals surface area contributed by atoms with Gasteiger partial charge < -0.3 is 9.64 Å².